The van der Waals surface area contributed by atoms with Crippen LogP contribution in [0.15, 0.2) is 0 Å². The first-order valence-electron chi connectivity index (χ1n) is 8.30. The van der Waals surface area contributed by atoms with Gasteiger partial charge in [-0.15, -0.1) is 10.2 Å². The summed E-state index contributed by atoms with van der Waals surface area (Å²) < 4.78 is 40.7. The molecule has 1 N–H and O–H groups in total. The van der Waals surface area contributed by atoms with Gasteiger partial charge in [0.1, 0.15) is 17.6 Å². The second-order valence-corrected chi connectivity index (χ2v) is 5.98. The third-order valence-corrected chi connectivity index (χ3v) is 4.45. The molecule has 0 unspecified atom stereocenters. The van der Waals surface area contributed by atoms with E-state index in [0.29, 0.717) is 31.9 Å². The number of likely N-dealkylation sites (N-methyl/N-ethyl adjacent to an activating group) is 1. The van der Waals surface area contributed by atoms with Crippen LogP contribution < -0.4 is 5.32 Å². The highest BCUT2D eigenvalue weighted by Gasteiger charge is 2.45. The molecule has 9 heteroatoms. The number of aromatic nitrogens is 3. The molecule has 1 aromatic rings. The fourth-order valence-corrected chi connectivity index (χ4v) is 3.01. The second-order valence-electron chi connectivity index (χ2n) is 5.98. The first-order valence-corrected chi connectivity index (χ1v) is 8.30. The summed E-state index contributed by atoms with van der Waals surface area (Å²) in [5.41, 5.74) is 0. The van der Waals surface area contributed by atoms with Crippen molar-refractivity contribution in [3.05, 3.63) is 11.6 Å². The Morgan fingerprint density at radius 3 is 2.62 bits per heavy atom. The molecule has 0 radical (unpaired) electrons. The second kappa shape index (κ2) is 7.50. The van der Waals surface area contributed by atoms with Crippen LogP contribution in [0.3, 0.4) is 0 Å². The van der Waals surface area contributed by atoms with Gasteiger partial charge in [0.05, 0.1) is 12.6 Å². The number of fused-ring (bicyclic) bond motifs is 1. The summed E-state index contributed by atoms with van der Waals surface area (Å²) in [5, 5.41) is 10.7. The minimum atomic E-state index is -4.30. The number of hydrogen-bond acceptors (Lipinski definition) is 4. The monoisotopic (exact) mass is 347 g/mol. The van der Waals surface area contributed by atoms with E-state index in [1.54, 1.807) is 11.8 Å². The summed E-state index contributed by atoms with van der Waals surface area (Å²) in [7, 11) is 0. The molecule has 1 aliphatic heterocycles. The van der Waals surface area contributed by atoms with Crippen molar-refractivity contribution in [3.8, 4) is 0 Å². The zero-order valence-corrected chi connectivity index (χ0v) is 14.2. The van der Waals surface area contributed by atoms with E-state index in [-0.39, 0.29) is 24.7 Å². The van der Waals surface area contributed by atoms with Gasteiger partial charge in [-0.05, 0) is 33.6 Å². The molecule has 0 saturated heterocycles. The van der Waals surface area contributed by atoms with Gasteiger partial charge in [-0.3, -0.25) is 10.1 Å². The Morgan fingerprint density at radius 2 is 2.04 bits per heavy atom. The number of nitrogens with zero attached hydrogens (tertiary/aromatic N) is 4. The number of alkyl halides is 3. The maximum atomic E-state index is 13.1. The summed E-state index contributed by atoms with van der Waals surface area (Å²) in [4.78, 5) is 13.9. The van der Waals surface area contributed by atoms with Gasteiger partial charge in [0.2, 0.25) is 5.91 Å². The van der Waals surface area contributed by atoms with Crippen molar-refractivity contribution in [2.24, 2.45) is 0 Å². The van der Waals surface area contributed by atoms with Crippen LogP contribution in [0, 0.1) is 0 Å². The van der Waals surface area contributed by atoms with E-state index in [2.05, 4.69) is 15.5 Å². The lowest BCUT2D eigenvalue weighted by Gasteiger charge is -2.26. The lowest BCUT2D eigenvalue weighted by atomic mass is 9.98. The maximum Gasteiger partial charge on any atom is 0.398 e. The van der Waals surface area contributed by atoms with Gasteiger partial charge in [-0.1, -0.05) is 0 Å². The van der Waals surface area contributed by atoms with Crippen LogP contribution in [0.4, 0.5) is 13.2 Å². The topological polar surface area (TPSA) is 63.1 Å². The minimum Gasteiger partial charge on any atom is -0.342 e. The van der Waals surface area contributed by atoms with Crippen LogP contribution in [0.1, 0.15) is 51.2 Å². The van der Waals surface area contributed by atoms with E-state index < -0.39 is 18.1 Å². The molecule has 2 rings (SSSR count). The Hall–Kier alpha value is -1.64. The Bertz CT molecular complexity index is 568. The molecule has 136 valence electrons. The summed E-state index contributed by atoms with van der Waals surface area (Å²) >= 11 is 0. The van der Waals surface area contributed by atoms with Crippen molar-refractivity contribution in [2.75, 3.05) is 13.1 Å². The number of carbonyl (C=O) groups is 1. The van der Waals surface area contributed by atoms with E-state index in [1.807, 2.05) is 13.8 Å². The highest BCUT2D eigenvalue weighted by Crippen LogP contribution is 2.40. The van der Waals surface area contributed by atoms with E-state index >= 15 is 0 Å². The van der Waals surface area contributed by atoms with E-state index in [4.69, 9.17) is 0 Å². The molecule has 6 nitrogen and oxygen atoms in total. The van der Waals surface area contributed by atoms with Crippen LogP contribution in [-0.4, -0.2) is 50.9 Å². The predicted octanol–water partition coefficient (Wildman–Crippen LogP) is 2.06. The number of hydrogen-bond donors (Lipinski definition) is 1. The normalized spacial score (nSPS) is 19.0. The Kier molecular flexibility index (Phi) is 5.84. The van der Waals surface area contributed by atoms with Gasteiger partial charge in [0, 0.05) is 19.6 Å². The summed E-state index contributed by atoms with van der Waals surface area (Å²) in [5.74, 6) is -1.17. The first-order chi connectivity index (χ1) is 11.3. The zero-order valence-electron chi connectivity index (χ0n) is 14.2. The molecule has 0 spiro atoms. The standard InChI is InChI=1S/C15H24F3N5O/c1-4-22(5-2)14(24)10(3)19-9-12-20-21-13-11(15(16,17)18)7-6-8-23(12)13/h10-11,19H,4-9H2,1-3H3/t10-,11-/m1/s1. The first kappa shape index (κ1) is 18.7. The highest BCUT2D eigenvalue weighted by atomic mass is 19.4. The summed E-state index contributed by atoms with van der Waals surface area (Å²) in [6, 6.07) is -0.431. The van der Waals surface area contributed by atoms with Gasteiger partial charge in [-0.2, -0.15) is 13.2 Å². The molecule has 0 aromatic carbocycles. The average molecular weight is 347 g/mol. The van der Waals surface area contributed by atoms with Crippen LogP contribution >= 0.6 is 0 Å². The molecule has 0 bridgehead atoms. The van der Waals surface area contributed by atoms with E-state index in [9.17, 15) is 18.0 Å². The van der Waals surface area contributed by atoms with E-state index in [0.717, 1.165) is 0 Å². The van der Waals surface area contributed by atoms with Crippen LogP contribution in [0.5, 0.6) is 0 Å². The number of halogens is 3. The number of amides is 1. The quantitative estimate of drug-likeness (QED) is 0.856. The molecular formula is C15H24F3N5O. The van der Waals surface area contributed by atoms with Gasteiger partial charge in [0.25, 0.3) is 0 Å². The van der Waals surface area contributed by atoms with Gasteiger partial charge in [-0.25, -0.2) is 0 Å². The van der Waals surface area contributed by atoms with Gasteiger partial charge in [0.15, 0.2) is 0 Å². The lowest BCUT2D eigenvalue weighted by Crippen LogP contribution is -2.44. The van der Waals surface area contributed by atoms with Gasteiger partial charge >= 0.3 is 6.18 Å². The number of rotatable bonds is 6. The van der Waals surface area contributed by atoms with Crippen molar-refractivity contribution < 1.29 is 18.0 Å². The van der Waals surface area contributed by atoms with Crippen LogP contribution in [0.25, 0.3) is 0 Å². The third-order valence-electron chi connectivity index (χ3n) is 4.45. The predicted molar refractivity (Wildman–Crippen MR) is 82.3 cm³/mol. The molecule has 2 atom stereocenters. The largest absolute Gasteiger partial charge is 0.398 e. The smallest absolute Gasteiger partial charge is 0.342 e. The molecule has 24 heavy (non-hydrogen) atoms. The fourth-order valence-electron chi connectivity index (χ4n) is 3.01. The molecule has 2 heterocycles. The molecule has 1 aromatic heterocycles. The third kappa shape index (κ3) is 3.88. The van der Waals surface area contributed by atoms with Crippen LogP contribution in [-0.2, 0) is 17.9 Å². The van der Waals surface area contributed by atoms with Crippen molar-refractivity contribution in [2.45, 2.75) is 64.8 Å². The van der Waals surface area contributed by atoms with Crippen LogP contribution in [0.2, 0.25) is 0 Å². The molecule has 1 amide bonds. The van der Waals surface area contributed by atoms with E-state index in [1.165, 1.54) is 4.57 Å². The van der Waals surface area contributed by atoms with Crippen molar-refractivity contribution >= 4 is 5.91 Å². The summed E-state index contributed by atoms with van der Waals surface area (Å²) in [6.45, 7) is 7.48. The van der Waals surface area contributed by atoms with Crippen molar-refractivity contribution in [3.63, 3.8) is 0 Å². The average Bonchev–Trinajstić information content (AvgIpc) is 2.95. The molecule has 0 aliphatic carbocycles. The fraction of sp³-hybridized carbons (Fsp3) is 0.800. The van der Waals surface area contributed by atoms with Crippen molar-refractivity contribution in [1.29, 1.82) is 0 Å². The maximum absolute atomic E-state index is 13.1. The SMILES string of the molecule is CCN(CC)C(=O)[C@@H](C)NCc1nnc2n1CCC[C@H]2C(F)(F)F. The number of nitrogens with one attached hydrogen (secondary N) is 1. The number of carbonyl (C=O) groups excluding carboxylic acids is 1. The molecule has 0 fully saturated rings. The Labute approximate surface area is 139 Å². The zero-order chi connectivity index (χ0) is 17.9. The highest BCUT2D eigenvalue weighted by molar-refractivity contribution is 5.81. The van der Waals surface area contributed by atoms with Gasteiger partial charge < -0.3 is 9.47 Å². The minimum absolute atomic E-state index is 0.0201. The summed E-state index contributed by atoms with van der Waals surface area (Å²) in [6.07, 6.45) is -3.82. The Balaban J connectivity index is 2.05. The molecule has 1 aliphatic rings. The lowest BCUT2D eigenvalue weighted by molar-refractivity contribution is -0.156. The Morgan fingerprint density at radius 1 is 1.38 bits per heavy atom. The van der Waals surface area contributed by atoms with Crippen molar-refractivity contribution in [1.82, 2.24) is 25.0 Å². The molecule has 0 saturated carbocycles. The molecular weight excluding hydrogens is 323 g/mol.